The molecule has 0 radical (unpaired) electrons. The molecule has 0 aliphatic carbocycles. The number of fused-ring (bicyclic) bond motifs is 1. The molecule has 0 spiro atoms. The van der Waals surface area contributed by atoms with E-state index in [1.54, 1.807) is 11.6 Å². The van der Waals surface area contributed by atoms with Gasteiger partial charge in [-0.2, -0.15) is 13.2 Å². The van der Waals surface area contributed by atoms with Crippen molar-refractivity contribution in [3.05, 3.63) is 29.6 Å². The van der Waals surface area contributed by atoms with Crippen molar-refractivity contribution in [1.82, 2.24) is 9.55 Å². The van der Waals surface area contributed by atoms with Gasteiger partial charge in [0.2, 0.25) is 0 Å². The van der Waals surface area contributed by atoms with Crippen LogP contribution in [0.3, 0.4) is 0 Å². The zero-order valence-corrected chi connectivity index (χ0v) is 11.0. The summed E-state index contributed by atoms with van der Waals surface area (Å²) in [6.45, 7) is 3.90. The molecular weight excluding hydrogens is 255 g/mol. The van der Waals surface area contributed by atoms with E-state index in [0.29, 0.717) is 16.9 Å². The second-order valence-corrected chi connectivity index (χ2v) is 5.00. The summed E-state index contributed by atoms with van der Waals surface area (Å²) in [6, 6.07) is 3.26. The van der Waals surface area contributed by atoms with Crippen LogP contribution in [0.1, 0.15) is 31.3 Å². The fourth-order valence-electron chi connectivity index (χ4n) is 1.99. The molecule has 6 heteroatoms. The lowest BCUT2D eigenvalue weighted by Crippen LogP contribution is -2.20. The highest BCUT2D eigenvalue weighted by Crippen LogP contribution is 2.32. The fourth-order valence-corrected chi connectivity index (χ4v) is 1.99. The Labute approximate surface area is 109 Å². The molecule has 104 valence electrons. The van der Waals surface area contributed by atoms with Crippen molar-refractivity contribution in [2.24, 2.45) is 18.7 Å². The molecule has 0 saturated heterocycles. The molecule has 0 aliphatic rings. The molecule has 1 unspecified atom stereocenters. The lowest BCUT2D eigenvalue weighted by Gasteiger charge is -2.14. The minimum Gasteiger partial charge on any atom is -0.330 e. The third-order valence-electron chi connectivity index (χ3n) is 3.26. The normalized spacial score (nSPS) is 14.3. The molecule has 1 aromatic heterocycles. The molecule has 1 atom stereocenters. The third kappa shape index (κ3) is 2.45. The predicted molar refractivity (Wildman–Crippen MR) is 67.5 cm³/mol. The van der Waals surface area contributed by atoms with Crippen molar-refractivity contribution in [3.8, 4) is 0 Å². The highest BCUT2D eigenvalue weighted by molar-refractivity contribution is 5.77. The first-order chi connectivity index (χ1) is 8.71. The van der Waals surface area contributed by atoms with Crippen LogP contribution in [0.2, 0.25) is 0 Å². The number of benzene rings is 1. The van der Waals surface area contributed by atoms with Crippen molar-refractivity contribution in [1.29, 1.82) is 0 Å². The SMILES string of the molecule is CC(C)C(N)c1nc2cc(C(F)(F)F)ccc2n1C. The van der Waals surface area contributed by atoms with Gasteiger partial charge < -0.3 is 10.3 Å². The van der Waals surface area contributed by atoms with Crippen molar-refractivity contribution >= 4 is 11.0 Å². The van der Waals surface area contributed by atoms with Crippen LogP contribution in [0.5, 0.6) is 0 Å². The maximum absolute atomic E-state index is 12.7. The maximum Gasteiger partial charge on any atom is 0.416 e. The van der Waals surface area contributed by atoms with Gasteiger partial charge in [0, 0.05) is 7.05 Å². The van der Waals surface area contributed by atoms with E-state index in [2.05, 4.69) is 4.98 Å². The Morgan fingerprint density at radius 1 is 1.26 bits per heavy atom. The lowest BCUT2D eigenvalue weighted by molar-refractivity contribution is -0.137. The second-order valence-electron chi connectivity index (χ2n) is 5.00. The highest BCUT2D eigenvalue weighted by atomic mass is 19.4. The second kappa shape index (κ2) is 4.52. The average molecular weight is 271 g/mol. The Morgan fingerprint density at radius 3 is 2.42 bits per heavy atom. The predicted octanol–water partition coefficient (Wildman–Crippen LogP) is 3.25. The fraction of sp³-hybridized carbons (Fsp3) is 0.462. The van der Waals surface area contributed by atoms with Gasteiger partial charge in [0.25, 0.3) is 0 Å². The summed E-state index contributed by atoms with van der Waals surface area (Å²) >= 11 is 0. The van der Waals surface area contributed by atoms with Crippen LogP contribution in [0.4, 0.5) is 13.2 Å². The van der Waals surface area contributed by atoms with Crippen molar-refractivity contribution < 1.29 is 13.2 Å². The third-order valence-corrected chi connectivity index (χ3v) is 3.26. The number of hydrogen-bond donors (Lipinski definition) is 1. The first kappa shape index (κ1) is 13.9. The first-order valence-electron chi connectivity index (χ1n) is 6.01. The van der Waals surface area contributed by atoms with Gasteiger partial charge in [-0.05, 0) is 24.1 Å². The smallest absolute Gasteiger partial charge is 0.330 e. The monoisotopic (exact) mass is 271 g/mol. The van der Waals surface area contributed by atoms with E-state index in [4.69, 9.17) is 5.73 Å². The Morgan fingerprint density at radius 2 is 1.89 bits per heavy atom. The molecular formula is C13H16F3N3. The van der Waals surface area contributed by atoms with Gasteiger partial charge in [-0.15, -0.1) is 0 Å². The number of imidazole rings is 1. The average Bonchev–Trinajstić information content (AvgIpc) is 2.64. The number of rotatable bonds is 2. The topological polar surface area (TPSA) is 43.8 Å². The van der Waals surface area contributed by atoms with Gasteiger partial charge in [-0.1, -0.05) is 13.8 Å². The molecule has 2 rings (SSSR count). The molecule has 0 bridgehead atoms. The van der Waals surface area contributed by atoms with Crippen LogP contribution in [-0.4, -0.2) is 9.55 Å². The van der Waals surface area contributed by atoms with E-state index in [-0.39, 0.29) is 12.0 Å². The summed E-state index contributed by atoms with van der Waals surface area (Å²) in [5.74, 6) is 0.766. The number of aromatic nitrogens is 2. The molecule has 2 N–H and O–H groups in total. The Kier molecular flexibility index (Phi) is 3.30. The molecule has 0 aliphatic heterocycles. The summed E-state index contributed by atoms with van der Waals surface area (Å²) in [5, 5.41) is 0. The van der Waals surface area contributed by atoms with Crippen molar-refractivity contribution in [2.75, 3.05) is 0 Å². The molecule has 1 aromatic carbocycles. The van der Waals surface area contributed by atoms with Crippen LogP contribution < -0.4 is 5.73 Å². The molecule has 0 amide bonds. The molecule has 0 fully saturated rings. The van der Waals surface area contributed by atoms with E-state index < -0.39 is 11.7 Å². The zero-order chi connectivity index (χ0) is 14.4. The van der Waals surface area contributed by atoms with Gasteiger partial charge in [-0.3, -0.25) is 0 Å². The summed E-state index contributed by atoms with van der Waals surface area (Å²) in [4.78, 5) is 4.25. The minimum absolute atomic E-state index is 0.164. The summed E-state index contributed by atoms with van der Waals surface area (Å²) in [7, 11) is 1.76. The van der Waals surface area contributed by atoms with E-state index in [0.717, 1.165) is 12.1 Å². The molecule has 19 heavy (non-hydrogen) atoms. The summed E-state index contributed by atoms with van der Waals surface area (Å²) in [6.07, 6.45) is -4.36. The van der Waals surface area contributed by atoms with Gasteiger partial charge in [0.1, 0.15) is 5.82 Å². The molecule has 1 heterocycles. The standard InChI is InChI=1S/C13H16F3N3/c1-7(2)11(17)12-18-9-6-8(13(14,15)16)4-5-10(9)19(12)3/h4-7,11H,17H2,1-3H3. The van der Waals surface area contributed by atoms with Gasteiger partial charge in [-0.25, -0.2) is 4.98 Å². The van der Waals surface area contributed by atoms with Crippen LogP contribution in [0, 0.1) is 5.92 Å². The maximum atomic E-state index is 12.7. The Hall–Kier alpha value is -1.56. The van der Waals surface area contributed by atoms with Gasteiger partial charge in [0.05, 0.1) is 22.6 Å². The van der Waals surface area contributed by atoms with E-state index in [9.17, 15) is 13.2 Å². The lowest BCUT2D eigenvalue weighted by atomic mass is 10.1. The zero-order valence-electron chi connectivity index (χ0n) is 11.0. The van der Waals surface area contributed by atoms with Crippen LogP contribution in [0.25, 0.3) is 11.0 Å². The number of aryl methyl sites for hydroxylation is 1. The molecule has 0 saturated carbocycles. The Balaban J connectivity index is 2.57. The number of alkyl halides is 3. The molecule has 2 aromatic rings. The van der Waals surface area contributed by atoms with E-state index in [1.165, 1.54) is 6.07 Å². The number of halogens is 3. The van der Waals surface area contributed by atoms with Crippen LogP contribution in [-0.2, 0) is 13.2 Å². The van der Waals surface area contributed by atoms with Gasteiger partial charge >= 0.3 is 6.18 Å². The number of nitrogens with two attached hydrogens (primary N) is 1. The van der Waals surface area contributed by atoms with E-state index >= 15 is 0 Å². The van der Waals surface area contributed by atoms with Gasteiger partial charge in [0.15, 0.2) is 0 Å². The van der Waals surface area contributed by atoms with Crippen molar-refractivity contribution in [2.45, 2.75) is 26.1 Å². The Bertz CT molecular complexity index is 599. The highest BCUT2D eigenvalue weighted by Gasteiger charge is 2.31. The number of nitrogens with zero attached hydrogens (tertiary/aromatic N) is 2. The van der Waals surface area contributed by atoms with E-state index in [1.807, 2.05) is 13.8 Å². The number of hydrogen-bond acceptors (Lipinski definition) is 2. The summed E-state index contributed by atoms with van der Waals surface area (Å²) < 4.78 is 39.7. The quantitative estimate of drug-likeness (QED) is 0.911. The first-order valence-corrected chi connectivity index (χ1v) is 6.01. The molecule has 3 nitrogen and oxygen atoms in total. The summed E-state index contributed by atoms with van der Waals surface area (Å²) in [5.41, 5.74) is 6.30. The minimum atomic E-state index is -4.36. The van der Waals surface area contributed by atoms with Crippen LogP contribution in [0.15, 0.2) is 18.2 Å². The van der Waals surface area contributed by atoms with Crippen molar-refractivity contribution in [3.63, 3.8) is 0 Å². The van der Waals surface area contributed by atoms with Crippen LogP contribution >= 0.6 is 0 Å². The largest absolute Gasteiger partial charge is 0.416 e.